The molecule has 0 aliphatic heterocycles. The highest BCUT2D eigenvalue weighted by Crippen LogP contribution is 2.34. The number of carbonyl (C=O) groups excluding carboxylic acids is 1. The molecule has 0 unspecified atom stereocenters. The highest BCUT2D eigenvalue weighted by Gasteiger charge is 2.41. The van der Waals surface area contributed by atoms with Crippen molar-refractivity contribution in [1.82, 2.24) is 9.55 Å². The fraction of sp³-hybridized carbons (Fsp3) is 0.167. The molecule has 0 radical (unpaired) electrons. The largest absolute Gasteiger partial charge is 0.450 e. The number of alkyl halides is 3. The number of nitrogens with zero attached hydrogens (tertiary/aromatic N) is 2. The first-order valence-corrected chi connectivity index (χ1v) is 6.25. The number of hydrogen-bond acceptors (Lipinski definition) is 3. The third kappa shape index (κ3) is 3.30. The molecule has 4 nitrogen and oxygen atoms in total. The predicted molar refractivity (Wildman–Crippen MR) is 69.9 cm³/mol. The van der Waals surface area contributed by atoms with Gasteiger partial charge in [0, 0.05) is 0 Å². The van der Waals surface area contributed by atoms with Crippen LogP contribution in [0, 0.1) is 6.92 Å². The number of imidazole rings is 1. The Morgan fingerprint density at radius 2 is 1.81 bits per heavy atom. The minimum absolute atomic E-state index is 0.0691. The van der Waals surface area contributed by atoms with Gasteiger partial charge in [0.25, 0.3) is 0 Å². The van der Waals surface area contributed by atoms with Crippen molar-refractivity contribution < 1.29 is 22.7 Å². The van der Waals surface area contributed by atoms with Crippen molar-refractivity contribution >= 4 is 29.3 Å². The molecule has 2 rings (SSSR count). The second kappa shape index (κ2) is 5.57. The van der Waals surface area contributed by atoms with Gasteiger partial charge in [-0.3, -0.25) is 0 Å². The second-order valence-electron chi connectivity index (χ2n) is 4.03. The van der Waals surface area contributed by atoms with E-state index in [0.29, 0.717) is 0 Å². The van der Waals surface area contributed by atoms with Gasteiger partial charge in [-0.15, -0.1) is 0 Å². The van der Waals surface area contributed by atoms with E-state index in [-0.39, 0.29) is 10.3 Å². The Bertz CT molecular complexity index is 681. The summed E-state index contributed by atoms with van der Waals surface area (Å²) in [7, 11) is 0. The summed E-state index contributed by atoms with van der Waals surface area (Å²) in [6, 6.07) is 6.14. The van der Waals surface area contributed by atoms with Gasteiger partial charge >= 0.3 is 12.3 Å². The topological polar surface area (TPSA) is 44.1 Å². The highest BCUT2D eigenvalue weighted by molar-refractivity contribution is 6.41. The Morgan fingerprint density at radius 1 is 1.24 bits per heavy atom. The zero-order valence-electron chi connectivity index (χ0n) is 10.4. The molecule has 0 fully saturated rings. The summed E-state index contributed by atoms with van der Waals surface area (Å²) in [5, 5.41) is -1.30. The molecule has 0 saturated carbocycles. The van der Waals surface area contributed by atoms with Crippen LogP contribution in [0.5, 0.6) is 5.75 Å². The molecule has 1 aromatic carbocycles. The standard InChI is InChI=1S/C12H7Cl2F3N2O2/c1-6-2-4-7(5-3-6)21-11(20)19-9(14)8(13)18-10(19)12(15,16)17/h2-5H,1H3. The van der Waals surface area contributed by atoms with E-state index in [1.54, 1.807) is 19.1 Å². The number of ether oxygens (including phenoxy) is 1. The molecule has 0 bridgehead atoms. The van der Waals surface area contributed by atoms with Crippen LogP contribution in [0.4, 0.5) is 18.0 Å². The highest BCUT2D eigenvalue weighted by atomic mass is 35.5. The lowest BCUT2D eigenvalue weighted by Gasteiger charge is -2.10. The number of halogens is 5. The van der Waals surface area contributed by atoms with Gasteiger partial charge < -0.3 is 4.74 Å². The van der Waals surface area contributed by atoms with Crippen molar-refractivity contribution in [3.8, 4) is 5.75 Å². The number of hydrogen-bond donors (Lipinski definition) is 0. The van der Waals surface area contributed by atoms with E-state index in [1.165, 1.54) is 12.1 Å². The summed E-state index contributed by atoms with van der Waals surface area (Å²) >= 11 is 11.0. The maximum atomic E-state index is 12.8. The first-order valence-electron chi connectivity index (χ1n) is 5.50. The van der Waals surface area contributed by atoms with Gasteiger partial charge in [-0.1, -0.05) is 40.9 Å². The van der Waals surface area contributed by atoms with Crippen LogP contribution < -0.4 is 4.74 Å². The van der Waals surface area contributed by atoms with Crippen LogP contribution in [0.1, 0.15) is 11.4 Å². The normalized spacial score (nSPS) is 11.5. The smallest absolute Gasteiger partial charge is 0.410 e. The van der Waals surface area contributed by atoms with Crippen LogP contribution in [0.3, 0.4) is 0 Å². The molecular formula is C12H7Cl2F3N2O2. The van der Waals surface area contributed by atoms with E-state index in [9.17, 15) is 18.0 Å². The predicted octanol–water partition coefficient (Wildman–Crippen LogP) is 4.56. The van der Waals surface area contributed by atoms with E-state index < -0.39 is 28.4 Å². The quantitative estimate of drug-likeness (QED) is 0.765. The zero-order valence-corrected chi connectivity index (χ0v) is 11.9. The van der Waals surface area contributed by atoms with Crippen LogP contribution in [-0.2, 0) is 6.18 Å². The fourth-order valence-corrected chi connectivity index (χ4v) is 1.84. The molecule has 0 aliphatic carbocycles. The minimum atomic E-state index is -4.90. The maximum Gasteiger partial charge on any atom is 0.450 e. The molecule has 21 heavy (non-hydrogen) atoms. The lowest BCUT2D eigenvalue weighted by molar-refractivity contribution is -0.146. The lowest BCUT2D eigenvalue weighted by atomic mass is 10.2. The molecule has 1 heterocycles. The van der Waals surface area contributed by atoms with Crippen LogP contribution in [0.2, 0.25) is 10.3 Å². The molecule has 0 spiro atoms. The fourth-order valence-electron chi connectivity index (χ4n) is 1.48. The van der Waals surface area contributed by atoms with Crippen LogP contribution in [0.25, 0.3) is 0 Å². The first kappa shape index (κ1) is 15.7. The van der Waals surface area contributed by atoms with E-state index >= 15 is 0 Å². The molecule has 2 aromatic rings. The SMILES string of the molecule is Cc1ccc(OC(=O)n2c(C(F)(F)F)nc(Cl)c2Cl)cc1. The van der Waals surface area contributed by atoms with Gasteiger partial charge in [0.1, 0.15) is 5.75 Å². The summed E-state index contributed by atoms with van der Waals surface area (Å²) in [5.74, 6) is -1.48. The van der Waals surface area contributed by atoms with Gasteiger partial charge in [-0.25, -0.2) is 14.3 Å². The summed E-state index contributed by atoms with van der Waals surface area (Å²) < 4.78 is 43.3. The van der Waals surface area contributed by atoms with E-state index in [2.05, 4.69) is 4.98 Å². The van der Waals surface area contributed by atoms with Crippen LogP contribution in [0.15, 0.2) is 24.3 Å². The first-order chi connectivity index (χ1) is 9.70. The van der Waals surface area contributed by atoms with E-state index in [0.717, 1.165) is 5.56 Å². The summed E-state index contributed by atoms with van der Waals surface area (Å²) in [6.45, 7) is 1.81. The van der Waals surface area contributed by atoms with Gasteiger partial charge in [0.15, 0.2) is 10.3 Å². The molecule has 0 aliphatic rings. The minimum Gasteiger partial charge on any atom is -0.410 e. The van der Waals surface area contributed by atoms with E-state index in [4.69, 9.17) is 27.9 Å². The molecule has 0 amide bonds. The van der Waals surface area contributed by atoms with Crippen molar-refractivity contribution in [2.45, 2.75) is 13.1 Å². The monoisotopic (exact) mass is 338 g/mol. The second-order valence-corrected chi connectivity index (χ2v) is 4.75. The lowest BCUT2D eigenvalue weighted by Crippen LogP contribution is -2.24. The van der Waals surface area contributed by atoms with Crippen molar-refractivity contribution in [2.24, 2.45) is 0 Å². The summed E-state index contributed by atoms with van der Waals surface area (Å²) in [5.41, 5.74) is 0.898. The molecule has 9 heteroatoms. The zero-order chi connectivity index (χ0) is 15.8. The third-order valence-electron chi connectivity index (χ3n) is 2.44. The number of benzene rings is 1. The van der Waals surface area contributed by atoms with Crippen molar-refractivity contribution in [2.75, 3.05) is 0 Å². The summed E-state index contributed by atoms with van der Waals surface area (Å²) in [6.07, 6.45) is -6.25. The summed E-state index contributed by atoms with van der Waals surface area (Å²) in [4.78, 5) is 14.9. The van der Waals surface area contributed by atoms with Crippen molar-refractivity contribution in [3.63, 3.8) is 0 Å². The average molecular weight is 339 g/mol. The molecular weight excluding hydrogens is 332 g/mol. The Morgan fingerprint density at radius 3 is 2.33 bits per heavy atom. The third-order valence-corrected chi connectivity index (χ3v) is 3.15. The van der Waals surface area contributed by atoms with Gasteiger partial charge in [0.2, 0.25) is 5.82 Å². The Labute approximate surface area is 127 Å². The Balaban J connectivity index is 2.37. The average Bonchev–Trinajstić information content (AvgIpc) is 2.69. The van der Waals surface area contributed by atoms with Crippen molar-refractivity contribution in [3.05, 3.63) is 46.0 Å². The number of aromatic nitrogens is 2. The van der Waals surface area contributed by atoms with Crippen molar-refractivity contribution in [1.29, 1.82) is 0 Å². The van der Waals surface area contributed by atoms with Crippen LogP contribution in [-0.4, -0.2) is 15.6 Å². The molecule has 112 valence electrons. The molecule has 0 N–H and O–H groups in total. The van der Waals surface area contributed by atoms with Gasteiger partial charge in [-0.05, 0) is 19.1 Å². The molecule has 0 saturated heterocycles. The number of aryl methyl sites for hydroxylation is 1. The van der Waals surface area contributed by atoms with Gasteiger partial charge in [0.05, 0.1) is 0 Å². The van der Waals surface area contributed by atoms with E-state index in [1.807, 2.05) is 0 Å². The van der Waals surface area contributed by atoms with Gasteiger partial charge in [-0.2, -0.15) is 13.2 Å². The number of carbonyl (C=O) groups is 1. The Kier molecular flexibility index (Phi) is 4.15. The maximum absolute atomic E-state index is 12.8. The van der Waals surface area contributed by atoms with Crippen LogP contribution >= 0.6 is 23.2 Å². The molecule has 0 atom stereocenters. The Hall–Kier alpha value is -1.73. The number of rotatable bonds is 1. The molecule has 1 aromatic heterocycles.